The second kappa shape index (κ2) is 18.4. The quantitative estimate of drug-likeness (QED) is 0.128. The summed E-state index contributed by atoms with van der Waals surface area (Å²) in [6.45, 7) is 0.971. The van der Waals surface area contributed by atoms with Gasteiger partial charge in [0.2, 0.25) is 0 Å². The molecule has 1 aliphatic heterocycles. The highest BCUT2D eigenvalue weighted by atomic mass is 127. The van der Waals surface area contributed by atoms with Gasteiger partial charge in [0.05, 0.1) is 47.1 Å². The minimum Gasteiger partial charge on any atom is -0.395 e. The van der Waals surface area contributed by atoms with E-state index < -0.39 is 29.0 Å². The normalized spacial score (nSPS) is 14.0. The van der Waals surface area contributed by atoms with E-state index in [2.05, 4.69) is 10.6 Å². The van der Waals surface area contributed by atoms with Crippen LogP contribution in [-0.4, -0.2) is 52.2 Å². The Morgan fingerprint density at radius 1 is 0.820 bits per heavy atom. The molecule has 0 aliphatic carbocycles. The highest BCUT2D eigenvalue weighted by Crippen LogP contribution is 2.25. The lowest BCUT2D eigenvalue weighted by atomic mass is 10.2. The van der Waals surface area contributed by atoms with Gasteiger partial charge in [0.15, 0.2) is 6.29 Å². The number of hydrogen-bond donors (Lipinski definition) is 5. The maximum atomic E-state index is 14.1. The molecular formula is C33H34F2I2N6O7. The van der Waals surface area contributed by atoms with Crippen LogP contribution in [0.1, 0.15) is 40.0 Å². The molecule has 50 heavy (non-hydrogen) atoms. The zero-order valence-electron chi connectivity index (χ0n) is 26.5. The maximum Gasteiger partial charge on any atom is 0.252 e. The van der Waals surface area contributed by atoms with Gasteiger partial charge < -0.3 is 45.8 Å². The molecule has 2 amide bonds. The number of aliphatic hydroxyl groups excluding tert-OH is 1. The molecule has 2 aromatic carbocycles. The van der Waals surface area contributed by atoms with Crippen molar-refractivity contribution in [3.05, 3.63) is 112 Å². The van der Waals surface area contributed by atoms with Gasteiger partial charge in [0.25, 0.3) is 22.9 Å². The predicted octanol–water partition coefficient (Wildman–Crippen LogP) is 4.40. The number of benzene rings is 2. The minimum absolute atomic E-state index is 0.0333. The molecule has 1 atom stereocenters. The van der Waals surface area contributed by atoms with Crippen molar-refractivity contribution in [3.8, 4) is 0 Å². The summed E-state index contributed by atoms with van der Waals surface area (Å²) in [6, 6.07) is 11.5. The lowest BCUT2D eigenvalue weighted by Gasteiger charge is -2.23. The van der Waals surface area contributed by atoms with Gasteiger partial charge >= 0.3 is 0 Å². The third kappa shape index (κ3) is 10.8. The number of pyridine rings is 2. The molecule has 17 heteroatoms. The molecule has 0 saturated carbocycles. The highest BCUT2D eigenvalue weighted by Gasteiger charge is 2.17. The fourth-order valence-electron chi connectivity index (χ4n) is 4.80. The number of aliphatic hydroxyl groups is 1. The van der Waals surface area contributed by atoms with E-state index in [4.69, 9.17) is 26.0 Å². The zero-order valence-corrected chi connectivity index (χ0v) is 30.8. The van der Waals surface area contributed by atoms with Crippen LogP contribution in [0.15, 0.2) is 70.5 Å². The first-order valence-electron chi connectivity index (χ1n) is 15.2. The summed E-state index contributed by atoms with van der Waals surface area (Å²) in [5, 5.41) is 14.4. The van der Waals surface area contributed by atoms with E-state index in [1.54, 1.807) is 12.1 Å². The van der Waals surface area contributed by atoms with E-state index in [9.17, 15) is 28.0 Å². The van der Waals surface area contributed by atoms with Crippen LogP contribution < -0.4 is 33.2 Å². The summed E-state index contributed by atoms with van der Waals surface area (Å²) in [7, 11) is 0. The van der Waals surface area contributed by atoms with E-state index in [0.717, 1.165) is 33.5 Å². The predicted molar refractivity (Wildman–Crippen MR) is 200 cm³/mol. The largest absolute Gasteiger partial charge is 0.395 e. The summed E-state index contributed by atoms with van der Waals surface area (Å²) >= 11 is 3.96. The van der Waals surface area contributed by atoms with Crippen LogP contribution in [0.4, 0.5) is 31.5 Å². The molecule has 13 nitrogen and oxygen atoms in total. The van der Waals surface area contributed by atoms with Crippen molar-refractivity contribution in [2.24, 2.45) is 11.5 Å². The molecule has 1 unspecified atom stereocenters. The molecule has 3 heterocycles. The maximum absolute atomic E-state index is 14.1. The van der Waals surface area contributed by atoms with E-state index in [1.807, 2.05) is 45.2 Å². The monoisotopic (exact) mass is 918 g/mol. The standard InChI is InChI=1S/C19H21FIN3O4.C14H13FIN3O3/c20-14-9-12(21)4-5-15(14)23-16-10-17(25)24(11-13(16)19(22)26)6-8-28-18-3-1-2-7-27-18;15-10-5-8(16)1-2-11(10)18-12-6-13(21)19(3-4-20)7-9(12)14(17)22/h4-5,9-11,18,23H,1-3,6-8H2,(H2,22,26);1-2,5-7,18,20H,3-4H2,(H2,17,22). The van der Waals surface area contributed by atoms with Crippen LogP contribution in [0, 0.1) is 18.8 Å². The summed E-state index contributed by atoms with van der Waals surface area (Å²) < 4.78 is 43.0. The molecule has 1 saturated heterocycles. The van der Waals surface area contributed by atoms with Gasteiger partial charge in [0, 0.05) is 51.4 Å². The molecule has 5 rings (SSSR count). The van der Waals surface area contributed by atoms with Gasteiger partial charge in [0.1, 0.15) is 11.6 Å². The number of rotatable bonds is 12. The van der Waals surface area contributed by atoms with Crippen molar-refractivity contribution in [1.82, 2.24) is 9.13 Å². The number of carbonyl (C=O) groups excluding carboxylic acids is 2. The molecule has 0 bridgehead atoms. The van der Waals surface area contributed by atoms with E-state index in [0.29, 0.717) is 10.2 Å². The van der Waals surface area contributed by atoms with Gasteiger partial charge in [-0.1, -0.05) is 0 Å². The van der Waals surface area contributed by atoms with Crippen molar-refractivity contribution in [2.45, 2.75) is 38.6 Å². The number of nitrogens with one attached hydrogen (secondary N) is 2. The topological polar surface area (TPSA) is 193 Å². The lowest BCUT2D eigenvalue weighted by molar-refractivity contribution is -0.163. The Bertz CT molecular complexity index is 1970. The zero-order chi connectivity index (χ0) is 36.4. The average molecular weight is 918 g/mol. The van der Waals surface area contributed by atoms with E-state index in [-0.39, 0.29) is 72.0 Å². The molecule has 0 spiro atoms. The fourth-order valence-corrected chi connectivity index (χ4v) is 5.71. The summed E-state index contributed by atoms with van der Waals surface area (Å²) in [6.07, 6.45) is 5.25. The van der Waals surface area contributed by atoms with Crippen molar-refractivity contribution < 1.29 is 33.0 Å². The molecule has 1 fully saturated rings. The SMILES string of the molecule is NC(=O)c1cn(CCO)c(=O)cc1Nc1ccc(I)cc1F.NC(=O)c1cn(CCOC2CCCCO2)c(=O)cc1Nc1ccc(I)cc1F. The average Bonchev–Trinajstić information content (AvgIpc) is 3.06. The number of ether oxygens (including phenoxy) is 2. The second-order valence-electron chi connectivity index (χ2n) is 10.9. The van der Waals surface area contributed by atoms with Crippen LogP contribution in [0.3, 0.4) is 0 Å². The van der Waals surface area contributed by atoms with Crippen molar-refractivity contribution >= 4 is 79.7 Å². The van der Waals surface area contributed by atoms with Crippen LogP contribution in [0.25, 0.3) is 0 Å². The Labute approximate surface area is 312 Å². The first-order chi connectivity index (χ1) is 23.9. The second-order valence-corrected chi connectivity index (χ2v) is 13.4. The number of primary amides is 2. The third-order valence-corrected chi connectivity index (χ3v) is 8.64. The van der Waals surface area contributed by atoms with Crippen molar-refractivity contribution in [2.75, 3.05) is 30.5 Å². The minimum atomic E-state index is -0.764. The van der Waals surface area contributed by atoms with Crippen LogP contribution in [0.2, 0.25) is 0 Å². The van der Waals surface area contributed by atoms with Crippen molar-refractivity contribution in [1.29, 1.82) is 0 Å². The van der Waals surface area contributed by atoms with Crippen LogP contribution in [0.5, 0.6) is 0 Å². The smallest absolute Gasteiger partial charge is 0.252 e. The molecule has 4 aromatic rings. The number of nitrogens with zero attached hydrogens (tertiary/aromatic N) is 2. The van der Waals surface area contributed by atoms with Crippen LogP contribution in [-0.2, 0) is 22.6 Å². The number of hydrogen-bond acceptors (Lipinski definition) is 9. The molecule has 0 radical (unpaired) electrons. The van der Waals surface area contributed by atoms with Gasteiger partial charge in [-0.05, 0) is 101 Å². The summed E-state index contributed by atoms with van der Waals surface area (Å²) in [5.74, 6) is -2.49. The Balaban J connectivity index is 0.000000232. The first-order valence-corrected chi connectivity index (χ1v) is 17.4. The van der Waals surface area contributed by atoms with E-state index >= 15 is 0 Å². The first kappa shape index (κ1) is 38.9. The summed E-state index contributed by atoms with van der Waals surface area (Å²) in [4.78, 5) is 47.7. The molecule has 7 N–H and O–H groups in total. The van der Waals surface area contributed by atoms with Gasteiger partial charge in [-0.3, -0.25) is 19.2 Å². The highest BCUT2D eigenvalue weighted by molar-refractivity contribution is 14.1. The lowest BCUT2D eigenvalue weighted by Crippen LogP contribution is -2.28. The Hall–Kier alpha value is -3.92. The van der Waals surface area contributed by atoms with Crippen molar-refractivity contribution in [3.63, 3.8) is 0 Å². The number of amides is 2. The Morgan fingerprint density at radius 2 is 1.32 bits per heavy atom. The summed E-state index contributed by atoms with van der Waals surface area (Å²) in [5.41, 5.74) is 10.6. The number of carbonyl (C=O) groups is 2. The number of aromatic nitrogens is 2. The van der Waals surface area contributed by atoms with Gasteiger partial charge in [-0.15, -0.1) is 0 Å². The molecule has 1 aliphatic rings. The van der Waals surface area contributed by atoms with Gasteiger partial charge in [-0.25, -0.2) is 8.78 Å². The number of nitrogens with two attached hydrogens (primary N) is 2. The Morgan fingerprint density at radius 3 is 1.74 bits per heavy atom. The van der Waals surface area contributed by atoms with Crippen LogP contribution >= 0.6 is 45.2 Å². The fraction of sp³-hybridized carbons (Fsp3) is 0.273. The Kier molecular flexibility index (Phi) is 14.3. The molecule has 266 valence electrons. The van der Waals surface area contributed by atoms with Gasteiger partial charge in [-0.2, -0.15) is 0 Å². The van der Waals surface area contributed by atoms with E-state index in [1.165, 1.54) is 47.3 Å². The molecule has 2 aromatic heterocycles. The number of anilines is 4. The molecular weight excluding hydrogens is 884 g/mol. The number of halogens is 4. The third-order valence-electron chi connectivity index (χ3n) is 7.30.